The van der Waals surface area contributed by atoms with Crippen molar-refractivity contribution in [3.8, 4) is 0 Å². The van der Waals surface area contributed by atoms with Crippen molar-refractivity contribution < 1.29 is 9.90 Å². The Kier molecular flexibility index (Phi) is 4.58. The predicted molar refractivity (Wildman–Crippen MR) is 75.2 cm³/mol. The molecule has 0 saturated carbocycles. The average molecular weight is 414 g/mol. The van der Waals surface area contributed by atoms with E-state index in [1.807, 2.05) is 0 Å². The van der Waals surface area contributed by atoms with Gasteiger partial charge in [-0.15, -0.1) is 0 Å². The van der Waals surface area contributed by atoms with Gasteiger partial charge in [0.2, 0.25) is 0 Å². The van der Waals surface area contributed by atoms with Crippen molar-refractivity contribution in [1.29, 1.82) is 0 Å². The Morgan fingerprint density at radius 2 is 1.94 bits per heavy atom. The topological polar surface area (TPSA) is 63.3 Å². The van der Waals surface area contributed by atoms with E-state index < -0.39 is 5.97 Å². The van der Waals surface area contributed by atoms with Gasteiger partial charge in [-0.25, -0.2) is 4.79 Å². The number of rotatable bonds is 2. The third kappa shape index (κ3) is 2.87. The molecule has 0 unspecified atom stereocenters. The summed E-state index contributed by atoms with van der Waals surface area (Å²) in [6, 6.07) is 1.78. The maximum atomic E-state index is 10.7. The molecule has 0 spiro atoms. The first-order valence-electron chi connectivity index (χ1n) is 4.19. The molecule has 3 N–H and O–H groups in total. The van der Waals surface area contributed by atoms with Crippen LogP contribution in [0.4, 0.5) is 5.69 Å². The van der Waals surface area contributed by atoms with E-state index in [-0.39, 0.29) is 5.57 Å². The number of nitrogen functional groups attached to an aromatic ring is 1. The van der Waals surface area contributed by atoms with Crippen LogP contribution in [-0.2, 0) is 4.79 Å². The number of aliphatic carboxylic acids is 1. The molecule has 0 atom stereocenters. The number of halogens is 3. The predicted octanol–water partition coefficient (Wildman–Crippen LogP) is 4.04. The van der Waals surface area contributed by atoms with E-state index in [1.165, 1.54) is 6.92 Å². The maximum absolute atomic E-state index is 10.7. The molecule has 16 heavy (non-hydrogen) atoms. The molecule has 86 valence electrons. The van der Waals surface area contributed by atoms with Crippen LogP contribution in [0.25, 0.3) is 6.08 Å². The highest BCUT2D eigenvalue weighted by atomic mass is 79.9. The zero-order valence-corrected chi connectivity index (χ0v) is 13.0. The second-order valence-corrected chi connectivity index (χ2v) is 5.62. The number of carbonyl (C=O) groups is 1. The molecule has 0 amide bonds. The lowest BCUT2D eigenvalue weighted by Gasteiger charge is -2.08. The lowest BCUT2D eigenvalue weighted by Crippen LogP contribution is -1.97. The van der Waals surface area contributed by atoms with Crippen LogP contribution in [0, 0.1) is 0 Å². The van der Waals surface area contributed by atoms with Crippen LogP contribution in [0.2, 0.25) is 0 Å². The normalized spacial score (nSPS) is 11.6. The Hall–Kier alpha value is -0.330. The summed E-state index contributed by atoms with van der Waals surface area (Å²) >= 11 is 10.00. The van der Waals surface area contributed by atoms with Crippen LogP contribution >= 0.6 is 47.8 Å². The molecule has 0 radical (unpaired) electrons. The molecule has 0 bridgehead atoms. The fraction of sp³-hybridized carbons (Fsp3) is 0.100. The number of benzene rings is 1. The van der Waals surface area contributed by atoms with Gasteiger partial charge in [-0.05, 0) is 50.9 Å². The Morgan fingerprint density at radius 1 is 1.38 bits per heavy atom. The van der Waals surface area contributed by atoms with Gasteiger partial charge in [0.1, 0.15) is 0 Å². The van der Waals surface area contributed by atoms with Crippen LogP contribution < -0.4 is 5.73 Å². The van der Waals surface area contributed by atoms with Crippen molar-refractivity contribution in [3.05, 3.63) is 30.6 Å². The molecule has 0 fully saturated rings. The van der Waals surface area contributed by atoms with Gasteiger partial charge in [0.05, 0.1) is 5.69 Å². The summed E-state index contributed by atoms with van der Waals surface area (Å²) in [6.07, 6.45) is 1.55. The van der Waals surface area contributed by atoms with Gasteiger partial charge >= 0.3 is 5.97 Å². The van der Waals surface area contributed by atoms with Crippen molar-refractivity contribution in [2.45, 2.75) is 6.92 Å². The number of hydrogen-bond acceptors (Lipinski definition) is 2. The molecule has 0 saturated heterocycles. The quantitative estimate of drug-likeness (QED) is 0.568. The molecule has 0 aliphatic rings. The van der Waals surface area contributed by atoms with Gasteiger partial charge in [0.15, 0.2) is 0 Å². The van der Waals surface area contributed by atoms with Gasteiger partial charge in [-0.1, -0.05) is 15.9 Å². The third-order valence-electron chi connectivity index (χ3n) is 1.94. The molecule has 1 aromatic carbocycles. The minimum absolute atomic E-state index is 0.239. The molecule has 0 aliphatic carbocycles. The van der Waals surface area contributed by atoms with E-state index >= 15 is 0 Å². The van der Waals surface area contributed by atoms with Gasteiger partial charge in [0, 0.05) is 24.6 Å². The monoisotopic (exact) mass is 411 g/mol. The van der Waals surface area contributed by atoms with Gasteiger partial charge in [0.25, 0.3) is 0 Å². The van der Waals surface area contributed by atoms with Crippen molar-refractivity contribution in [2.75, 3.05) is 5.73 Å². The van der Waals surface area contributed by atoms with Crippen LogP contribution in [0.5, 0.6) is 0 Å². The Bertz CT molecular complexity index is 483. The molecule has 0 heterocycles. The van der Waals surface area contributed by atoms with E-state index in [0.29, 0.717) is 15.7 Å². The molecule has 1 aromatic rings. The lowest BCUT2D eigenvalue weighted by molar-refractivity contribution is -0.132. The van der Waals surface area contributed by atoms with Gasteiger partial charge in [-0.2, -0.15) is 0 Å². The first kappa shape index (κ1) is 13.7. The minimum Gasteiger partial charge on any atom is -0.478 e. The number of carboxylic acids is 1. The van der Waals surface area contributed by atoms with Crippen LogP contribution in [-0.4, -0.2) is 11.1 Å². The summed E-state index contributed by atoms with van der Waals surface area (Å²) in [5.74, 6) is -0.958. The summed E-state index contributed by atoms with van der Waals surface area (Å²) in [5.41, 5.74) is 7.29. The van der Waals surface area contributed by atoms with Gasteiger partial charge in [-0.3, -0.25) is 0 Å². The molecule has 6 heteroatoms. The molecule has 3 nitrogen and oxygen atoms in total. The van der Waals surface area contributed by atoms with Crippen LogP contribution in [0.3, 0.4) is 0 Å². The summed E-state index contributed by atoms with van der Waals surface area (Å²) in [7, 11) is 0. The van der Waals surface area contributed by atoms with Crippen molar-refractivity contribution >= 4 is 65.5 Å². The summed E-state index contributed by atoms with van der Waals surface area (Å²) in [6.45, 7) is 1.53. The SMILES string of the molecule is CC(=Cc1c(Br)cc(Br)c(N)c1Br)C(=O)O. The fourth-order valence-electron chi connectivity index (χ4n) is 1.03. The highest BCUT2D eigenvalue weighted by Crippen LogP contribution is 2.37. The zero-order valence-electron chi connectivity index (χ0n) is 8.22. The Labute approximate surface area is 118 Å². The molecule has 0 aliphatic heterocycles. The highest BCUT2D eigenvalue weighted by Gasteiger charge is 2.11. The molecular formula is C10H8Br3NO2. The Morgan fingerprint density at radius 3 is 2.44 bits per heavy atom. The van der Waals surface area contributed by atoms with E-state index in [4.69, 9.17) is 10.8 Å². The van der Waals surface area contributed by atoms with Crippen molar-refractivity contribution in [2.24, 2.45) is 0 Å². The zero-order chi connectivity index (χ0) is 12.5. The lowest BCUT2D eigenvalue weighted by atomic mass is 10.1. The first-order valence-corrected chi connectivity index (χ1v) is 6.57. The summed E-state index contributed by atoms with van der Waals surface area (Å²) in [4.78, 5) is 10.7. The number of nitrogens with two attached hydrogens (primary N) is 1. The maximum Gasteiger partial charge on any atom is 0.331 e. The number of carboxylic acid groups (broad SMARTS) is 1. The van der Waals surface area contributed by atoms with E-state index in [1.54, 1.807) is 12.1 Å². The van der Waals surface area contributed by atoms with E-state index in [2.05, 4.69) is 47.8 Å². The smallest absolute Gasteiger partial charge is 0.331 e. The number of anilines is 1. The third-order valence-corrected chi connectivity index (χ3v) is 4.11. The summed E-state index contributed by atoms with van der Waals surface area (Å²) in [5, 5.41) is 8.81. The summed E-state index contributed by atoms with van der Waals surface area (Å²) < 4.78 is 2.17. The largest absolute Gasteiger partial charge is 0.478 e. The second kappa shape index (κ2) is 5.33. The van der Waals surface area contributed by atoms with Crippen LogP contribution in [0.1, 0.15) is 12.5 Å². The average Bonchev–Trinajstić information content (AvgIpc) is 2.20. The van der Waals surface area contributed by atoms with E-state index in [9.17, 15) is 4.79 Å². The van der Waals surface area contributed by atoms with E-state index in [0.717, 1.165) is 8.95 Å². The van der Waals surface area contributed by atoms with Gasteiger partial charge < -0.3 is 10.8 Å². The molecule has 0 aromatic heterocycles. The highest BCUT2D eigenvalue weighted by molar-refractivity contribution is 9.11. The second-order valence-electron chi connectivity index (χ2n) is 3.11. The van der Waals surface area contributed by atoms with Crippen LogP contribution in [0.15, 0.2) is 25.1 Å². The molecule has 1 rings (SSSR count). The fourth-order valence-corrected chi connectivity index (χ4v) is 3.38. The van der Waals surface area contributed by atoms with Crippen molar-refractivity contribution in [3.63, 3.8) is 0 Å². The first-order chi connectivity index (χ1) is 7.34. The Balaban J connectivity index is 3.41. The minimum atomic E-state index is -0.958. The van der Waals surface area contributed by atoms with Crippen molar-refractivity contribution in [1.82, 2.24) is 0 Å². The number of hydrogen-bond donors (Lipinski definition) is 2. The standard InChI is InChI=1S/C10H8Br3NO2/c1-4(10(15)16)2-5-6(11)3-7(12)9(14)8(5)13/h2-3H,14H2,1H3,(H,15,16). The molecular weight excluding hydrogens is 406 g/mol.